The van der Waals surface area contributed by atoms with Crippen molar-refractivity contribution in [2.75, 3.05) is 13.7 Å². The molecule has 0 fully saturated rings. The fourth-order valence-corrected chi connectivity index (χ4v) is 2.02. The van der Waals surface area contributed by atoms with E-state index in [0.717, 1.165) is 12.8 Å². The van der Waals surface area contributed by atoms with Crippen molar-refractivity contribution >= 4 is 5.91 Å². The van der Waals surface area contributed by atoms with Gasteiger partial charge in [-0.3, -0.25) is 4.79 Å². The molecule has 0 aliphatic carbocycles. The highest BCUT2D eigenvalue weighted by molar-refractivity contribution is 5.99. The molecular weight excluding hydrogens is 272 g/mol. The van der Waals surface area contributed by atoms with E-state index in [1.54, 1.807) is 18.3 Å². The van der Waals surface area contributed by atoms with Crippen molar-refractivity contribution in [1.29, 1.82) is 0 Å². The molecule has 112 valence electrons. The lowest BCUT2D eigenvalue weighted by Gasteiger charge is -2.02. The van der Waals surface area contributed by atoms with Crippen LogP contribution in [0.25, 0.3) is 11.3 Å². The van der Waals surface area contributed by atoms with E-state index in [1.165, 1.54) is 7.11 Å². The molecule has 2 heterocycles. The number of primary amides is 1. The molecule has 0 aliphatic heterocycles. The Kier molecular flexibility index (Phi) is 4.89. The van der Waals surface area contributed by atoms with Gasteiger partial charge in [-0.05, 0) is 25.5 Å². The van der Waals surface area contributed by atoms with E-state index in [9.17, 15) is 4.79 Å². The molecule has 7 nitrogen and oxygen atoms in total. The lowest BCUT2D eigenvalue weighted by molar-refractivity contribution is 0.0999. The molecule has 21 heavy (non-hydrogen) atoms. The topological polar surface area (TPSA) is 117 Å². The van der Waals surface area contributed by atoms with Gasteiger partial charge < -0.3 is 20.7 Å². The highest BCUT2D eigenvalue weighted by Crippen LogP contribution is 2.26. The summed E-state index contributed by atoms with van der Waals surface area (Å²) >= 11 is 0. The zero-order valence-electron chi connectivity index (χ0n) is 11.8. The third-order valence-corrected chi connectivity index (χ3v) is 3.09. The van der Waals surface area contributed by atoms with Crippen LogP contribution < -0.4 is 16.2 Å². The SMILES string of the molecule is COc1ccc(-c2noc(CCCCN)c2C(N)=O)cn1. The van der Waals surface area contributed by atoms with Crippen molar-refractivity contribution in [3.8, 4) is 17.1 Å². The van der Waals surface area contributed by atoms with E-state index in [2.05, 4.69) is 10.1 Å². The van der Waals surface area contributed by atoms with Crippen LogP contribution in [0.3, 0.4) is 0 Å². The van der Waals surface area contributed by atoms with E-state index in [4.69, 9.17) is 20.7 Å². The first-order valence-electron chi connectivity index (χ1n) is 6.66. The van der Waals surface area contributed by atoms with Crippen LogP contribution in [0, 0.1) is 0 Å². The zero-order valence-corrected chi connectivity index (χ0v) is 11.8. The minimum Gasteiger partial charge on any atom is -0.481 e. The monoisotopic (exact) mass is 290 g/mol. The number of nitrogens with zero attached hydrogens (tertiary/aromatic N) is 2. The highest BCUT2D eigenvalue weighted by atomic mass is 16.5. The molecule has 0 radical (unpaired) electrons. The minimum atomic E-state index is -0.565. The molecule has 2 aromatic heterocycles. The lowest BCUT2D eigenvalue weighted by atomic mass is 10.0. The second kappa shape index (κ2) is 6.85. The quantitative estimate of drug-likeness (QED) is 0.738. The number of hydrogen-bond donors (Lipinski definition) is 2. The van der Waals surface area contributed by atoms with Crippen LogP contribution in [0.5, 0.6) is 5.88 Å². The van der Waals surface area contributed by atoms with Gasteiger partial charge in [-0.15, -0.1) is 0 Å². The Labute approximate surface area is 122 Å². The van der Waals surface area contributed by atoms with Gasteiger partial charge in [-0.2, -0.15) is 0 Å². The molecule has 0 saturated heterocycles. The number of amides is 1. The average Bonchev–Trinajstić information content (AvgIpc) is 2.92. The van der Waals surface area contributed by atoms with Crippen molar-refractivity contribution in [1.82, 2.24) is 10.1 Å². The number of methoxy groups -OCH3 is 1. The van der Waals surface area contributed by atoms with Crippen molar-refractivity contribution in [3.05, 3.63) is 29.7 Å². The molecule has 2 rings (SSSR count). The second-order valence-corrected chi connectivity index (χ2v) is 4.53. The predicted octanol–water partition coefficient (Wildman–Crippen LogP) is 1.13. The number of unbranched alkanes of at least 4 members (excludes halogenated alkanes) is 1. The number of rotatable bonds is 7. The smallest absolute Gasteiger partial charge is 0.254 e. The molecule has 2 aromatic rings. The summed E-state index contributed by atoms with van der Waals surface area (Å²) in [4.78, 5) is 15.8. The maximum absolute atomic E-state index is 11.7. The van der Waals surface area contributed by atoms with Gasteiger partial charge in [0, 0.05) is 24.2 Å². The van der Waals surface area contributed by atoms with Crippen LogP contribution in [-0.2, 0) is 6.42 Å². The number of aryl methyl sites for hydroxylation is 1. The summed E-state index contributed by atoms with van der Waals surface area (Å²) in [7, 11) is 1.53. The lowest BCUT2D eigenvalue weighted by Crippen LogP contribution is -2.13. The third kappa shape index (κ3) is 3.38. The van der Waals surface area contributed by atoms with E-state index >= 15 is 0 Å². The largest absolute Gasteiger partial charge is 0.481 e. The zero-order chi connectivity index (χ0) is 15.2. The summed E-state index contributed by atoms with van der Waals surface area (Å²) in [6.07, 6.45) is 3.80. The number of ether oxygens (including phenoxy) is 1. The van der Waals surface area contributed by atoms with Gasteiger partial charge in [0.1, 0.15) is 17.0 Å². The van der Waals surface area contributed by atoms with E-state index < -0.39 is 5.91 Å². The number of carbonyl (C=O) groups is 1. The fraction of sp³-hybridized carbons (Fsp3) is 0.357. The van der Waals surface area contributed by atoms with Crippen LogP contribution in [0.4, 0.5) is 0 Å². The Bertz CT molecular complexity index is 607. The standard InChI is InChI=1S/C14H18N4O3/c1-20-11-6-5-9(8-17-11)13-12(14(16)19)10(21-18-13)4-2-3-7-15/h5-6,8H,2-4,7,15H2,1H3,(H2,16,19). The van der Waals surface area contributed by atoms with Crippen molar-refractivity contribution < 1.29 is 14.1 Å². The van der Waals surface area contributed by atoms with E-state index in [1.807, 2.05) is 0 Å². The molecule has 0 spiro atoms. The van der Waals surface area contributed by atoms with Crippen LogP contribution >= 0.6 is 0 Å². The van der Waals surface area contributed by atoms with Gasteiger partial charge in [0.25, 0.3) is 5.91 Å². The number of pyridine rings is 1. The van der Waals surface area contributed by atoms with Crippen LogP contribution in [-0.4, -0.2) is 29.7 Å². The Morgan fingerprint density at radius 3 is 2.76 bits per heavy atom. The predicted molar refractivity (Wildman–Crippen MR) is 76.8 cm³/mol. The first-order chi connectivity index (χ1) is 10.2. The molecule has 4 N–H and O–H groups in total. The molecular formula is C14H18N4O3. The molecule has 7 heteroatoms. The van der Waals surface area contributed by atoms with Gasteiger partial charge in [0.05, 0.1) is 7.11 Å². The summed E-state index contributed by atoms with van der Waals surface area (Å²) in [5.41, 5.74) is 12.3. The summed E-state index contributed by atoms with van der Waals surface area (Å²) in [6, 6.07) is 3.43. The highest BCUT2D eigenvalue weighted by Gasteiger charge is 2.21. The van der Waals surface area contributed by atoms with Crippen LogP contribution in [0.1, 0.15) is 29.0 Å². The summed E-state index contributed by atoms with van der Waals surface area (Å²) in [5, 5.41) is 3.95. The molecule has 0 atom stereocenters. The van der Waals surface area contributed by atoms with Crippen LogP contribution in [0.2, 0.25) is 0 Å². The van der Waals surface area contributed by atoms with Crippen molar-refractivity contribution in [2.24, 2.45) is 11.5 Å². The minimum absolute atomic E-state index is 0.305. The van der Waals surface area contributed by atoms with E-state index in [-0.39, 0.29) is 0 Å². The Morgan fingerprint density at radius 1 is 1.38 bits per heavy atom. The van der Waals surface area contributed by atoms with Gasteiger partial charge in [-0.25, -0.2) is 4.98 Å². The van der Waals surface area contributed by atoms with Crippen molar-refractivity contribution in [2.45, 2.75) is 19.3 Å². The molecule has 0 unspecified atom stereocenters. The first-order valence-corrected chi connectivity index (χ1v) is 6.66. The normalized spacial score (nSPS) is 10.6. The summed E-state index contributed by atoms with van der Waals surface area (Å²) in [6.45, 7) is 0.593. The number of nitrogens with two attached hydrogens (primary N) is 2. The Morgan fingerprint density at radius 2 is 2.19 bits per heavy atom. The van der Waals surface area contributed by atoms with Gasteiger partial charge >= 0.3 is 0 Å². The van der Waals surface area contributed by atoms with Crippen molar-refractivity contribution in [3.63, 3.8) is 0 Å². The average molecular weight is 290 g/mol. The van der Waals surface area contributed by atoms with Gasteiger partial charge in [0.2, 0.25) is 5.88 Å². The number of hydrogen-bond acceptors (Lipinski definition) is 6. The first kappa shape index (κ1) is 15.0. The maximum Gasteiger partial charge on any atom is 0.254 e. The number of aromatic nitrogens is 2. The molecule has 0 saturated carbocycles. The summed E-state index contributed by atoms with van der Waals surface area (Å²) in [5.74, 6) is 0.401. The maximum atomic E-state index is 11.7. The number of carbonyl (C=O) groups excluding carboxylic acids is 1. The molecule has 0 aliphatic rings. The van der Waals surface area contributed by atoms with Gasteiger partial charge in [-0.1, -0.05) is 5.16 Å². The Balaban J connectivity index is 2.32. The second-order valence-electron chi connectivity index (χ2n) is 4.53. The fourth-order valence-electron chi connectivity index (χ4n) is 2.02. The summed E-state index contributed by atoms with van der Waals surface area (Å²) < 4.78 is 10.3. The molecule has 0 bridgehead atoms. The molecule has 1 amide bonds. The van der Waals surface area contributed by atoms with E-state index in [0.29, 0.717) is 41.4 Å². The Hall–Kier alpha value is -2.41. The molecule has 0 aromatic carbocycles. The van der Waals surface area contributed by atoms with Gasteiger partial charge in [0.15, 0.2) is 0 Å². The third-order valence-electron chi connectivity index (χ3n) is 3.09. The van der Waals surface area contributed by atoms with Crippen LogP contribution in [0.15, 0.2) is 22.9 Å².